The molecule has 0 spiro atoms. The number of alkyl halides is 3. The minimum atomic E-state index is -4.37. The maximum absolute atomic E-state index is 11.8. The molecule has 92 valence electrons. The van der Waals surface area contributed by atoms with E-state index in [4.69, 9.17) is 5.11 Å². The van der Waals surface area contributed by atoms with Gasteiger partial charge < -0.3 is 9.84 Å². The topological polar surface area (TPSA) is 46.5 Å². The lowest BCUT2D eigenvalue weighted by molar-refractivity contribution is -0.153. The van der Waals surface area contributed by atoms with E-state index in [1.54, 1.807) is 0 Å². The standard InChI is InChI=1S/C11H9F3O3/c12-11(13,14)7-17-9-4-1-8(2-5-9)3-6-10(15)16/h1-6H,7H2,(H,15,16)/b6-3+. The second-order valence-corrected chi connectivity index (χ2v) is 3.14. The van der Waals surface area contributed by atoms with Gasteiger partial charge in [0.05, 0.1) is 0 Å². The summed E-state index contributed by atoms with van der Waals surface area (Å²) in [5.74, 6) is -1.02. The number of halogens is 3. The van der Waals surface area contributed by atoms with Crippen LogP contribution in [-0.2, 0) is 4.79 Å². The molecule has 0 heterocycles. The number of hydrogen-bond acceptors (Lipinski definition) is 2. The predicted octanol–water partition coefficient (Wildman–Crippen LogP) is 2.73. The monoisotopic (exact) mass is 246 g/mol. The highest BCUT2D eigenvalue weighted by molar-refractivity contribution is 5.85. The third-order valence-electron chi connectivity index (χ3n) is 1.70. The van der Waals surface area contributed by atoms with Gasteiger partial charge in [-0.05, 0) is 23.8 Å². The van der Waals surface area contributed by atoms with Crippen LogP contribution in [-0.4, -0.2) is 23.9 Å². The summed E-state index contributed by atoms with van der Waals surface area (Å²) in [5.41, 5.74) is 0.562. The van der Waals surface area contributed by atoms with Gasteiger partial charge in [0, 0.05) is 6.08 Å². The van der Waals surface area contributed by atoms with Crippen molar-refractivity contribution in [3.05, 3.63) is 35.9 Å². The predicted molar refractivity (Wildman–Crippen MR) is 54.7 cm³/mol. The molecule has 1 N–H and O–H groups in total. The lowest BCUT2D eigenvalue weighted by Crippen LogP contribution is -2.19. The van der Waals surface area contributed by atoms with Gasteiger partial charge in [0.1, 0.15) is 5.75 Å². The molecular formula is C11H9F3O3. The van der Waals surface area contributed by atoms with Gasteiger partial charge in [-0.3, -0.25) is 0 Å². The minimum Gasteiger partial charge on any atom is -0.484 e. The first kappa shape index (κ1) is 13.1. The second-order valence-electron chi connectivity index (χ2n) is 3.14. The molecule has 0 aromatic heterocycles. The van der Waals surface area contributed by atoms with Crippen LogP contribution in [0, 0.1) is 0 Å². The van der Waals surface area contributed by atoms with Crippen molar-refractivity contribution in [2.24, 2.45) is 0 Å². The van der Waals surface area contributed by atoms with E-state index in [9.17, 15) is 18.0 Å². The molecule has 6 heteroatoms. The Kier molecular flexibility index (Phi) is 4.14. The molecule has 1 rings (SSSR count). The highest BCUT2D eigenvalue weighted by Crippen LogP contribution is 2.19. The maximum Gasteiger partial charge on any atom is 0.422 e. The van der Waals surface area contributed by atoms with Crippen LogP contribution in [0.2, 0.25) is 0 Å². The van der Waals surface area contributed by atoms with E-state index in [0.717, 1.165) is 6.08 Å². The molecule has 0 saturated carbocycles. The van der Waals surface area contributed by atoms with Gasteiger partial charge in [0.15, 0.2) is 6.61 Å². The smallest absolute Gasteiger partial charge is 0.422 e. The molecule has 1 aromatic carbocycles. The Morgan fingerprint density at radius 1 is 1.29 bits per heavy atom. The molecule has 0 atom stereocenters. The van der Waals surface area contributed by atoms with Crippen LogP contribution in [0.1, 0.15) is 5.56 Å². The van der Waals surface area contributed by atoms with E-state index in [1.807, 2.05) is 0 Å². The zero-order chi connectivity index (χ0) is 12.9. The summed E-state index contributed by atoms with van der Waals surface area (Å²) in [6.07, 6.45) is -2.11. The molecule has 3 nitrogen and oxygen atoms in total. The molecule has 0 amide bonds. The molecule has 1 aromatic rings. The van der Waals surface area contributed by atoms with Crippen LogP contribution in [0.15, 0.2) is 30.3 Å². The summed E-state index contributed by atoms with van der Waals surface area (Å²) in [4.78, 5) is 10.2. The summed E-state index contributed by atoms with van der Waals surface area (Å²) >= 11 is 0. The van der Waals surface area contributed by atoms with Crippen LogP contribution in [0.3, 0.4) is 0 Å². The highest BCUT2D eigenvalue weighted by Gasteiger charge is 2.28. The molecule has 0 aliphatic carbocycles. The van der Waals surface area contributed by atoms with Crippen molar-refractivity contribution in [2.75, 3.05) is 6.61 Å². The number of aliphatic carboxylic acids is 1. The van der Waals surface area contributed by atoms with E-state index in [2.05, 4.69) is 4.74 Å². The van der Waals surface area contributed by atoms with Gasteiger partial charge in [0.2, 0.25) is 0 Å². The number of rotatable bonds is 4. The number of hydrogen-bond donors (Lipinski definition) is 1. The summed E-state index contributed by atoms with van der Waals surface area (Å²) < 4.78 is 40.0. The lowest BCUT2D eigenvalue weighted by atomic mass is 10.2. The van der Waals surface area contributed by atoms with E-state index in [-0.39, 0.29) is 5.75 Å². The second kappa shape index (κ2) is 5.38. The van der Waals surface area contributed by atoms with Crippen molar-refractivity contribution in [3.63, 3.8) is 0 Å². The largest absolute Gasteiger partial charge is 0.484 e. The fourth-order valence-electron chi connectivity index (χ4n) is 1.01. The van der Waals surface area contributed by atoms with Crippen molar-refractivity contribution in [1.29, 1.82) is 0 Å². The minimum absolute atomic E-state index is 0.0785. The van der Waals surface area contributed by atoms with Gasteiger partial charge in [-0.25, -0.2) is 4.79 Å². The van der Waals surface area contributed by atoms with Crippen molar-refractivity contribution >= 4 is 12.0 Å². The zero-order valence-corrected chi connectivity index (χ0v) is 8.57. The molecule has 0 fully saturated rings. The molecule has 0 saturated heterocycles. The van der Waals surface area contributed by atoms with Crippen molar-refractivity contribution in [1.82, 2.24) is 0 Å². The lowest BCUT2D eigenvalue weighted by Gasteiger charge is -2.08. The molecule has 17 heavy (non-hydrogen) atoms. The molecule has 0 radical (unpaired) electrons. The Bertz CT molecular complexity index is 407. The number of benzene rings is 1. The van der Waals surface area contributed by atoms with Crippen LogP contribution >= 0.6 is 0 Å². The van der Waals surface area contributed by atoms with Gasteiger partial charge in [-0.1, -0.05) is 12.1 Å². The summed E-state index contributed by atoms with van der Waals surface area (Å²) in [6.45, 7) is -1.35. The van der Waals surface area contributed by atoms with Gasteiger partial charge in [-0.2, -0.15) is 13.2 Å². The quantitative estimate of drug-likeness (QED) is 0.831. The average molecular weight is 246 g/mol. The molecule has 0 bridgehead atoms. The third kappa shape index (κ3) is 5.60. The van der Waals surface area contributed by atoms with Crippen molar-refractivity contribution in [2.45, 2.75) is 6.18 Å². The number of carboxylic acids is 1. The Morgan fingerprint density at radius 3 is 2.35 bits per heavy atom. The van der Waals surface area contributed by atoms with Gasteiger partial charge >= 0.3 is 12.1 Å². The Balaban J connectivity index is 2.59. The van der Waals surface area contributed by atoms with E-state index < -0.39 is 18.8 Å². The Morgan fingerprint density at radius 2 is 1.88 bits per heavy atom. The zero-order valence-electron chi connectivity index (χ0n) is 8.57. The summed E-state index contributed by atoms with van der Waals surface area (Å²) in [5, 5.41) is 8.37. The van der Waals surface area contributed by atoms with Gasteiger partial charge in [-0.15, -0.1) is 0 Å². The fraction of sp³-hybridized carbons (Fsp3) is 0.182. The number of carboxylic acid groups (broad SMARTS) is 1. The van der Waals surface area contributed by atoms with Crippen molar-refractivity contribution < 1.29 is 27.8 Å². The van der Waals surface area contributed by atoms with Crippen molar-refractivity contribution in [3.8, 4) is 5.75 Å². The first-order valence-corrected chi connectivity index (χ1v) is 4.57. The molecular weight excluding hydrogens is 237 g/mol. The Hall–Kier alpha value is -1.98. The highest BCUT2D eigenvalue weighted by atomic mass is 19.4. The van der Waals surface area contributed by atoms with Crippen LogP contribution in [0.4, 0.5) is 13.2 Å². The van der Waals surface area contributed by atoms with E-state index >= 15 is 0 Å². The van der Waals surface area contributed by atoms with Crippen LogP contribution in [0.5, 0.6) is 5.75 Å². The van der Waals surface area contributed by atoms with Crippen LogP contribution in [0.25, 0.3) is 6.08 Å². The summed E-state index contributed by atoms with van der Waals surface area (Å²) in [7, 11) is 0. The van der Waals surface area contributed by atoms with Crippen LogP contribution < -0.4 is 4.74 Å². The molecule has 0 unspecified atom stereocenters. The Labute approximate surface area is 95.1 Å². The number of ether oxygens (including phenoxy) is 1. The summed E-state index contributed by atoms with van der Waals surface area (Å²) in [6, 6.07) is 5.61. The first-order chi connectivity index (χ1) is 7.87. The average Bonchev–Trinajstić information content (AvgIpc) is 2.24. The normalized spacial score (nSPS) is 11.7. The SMILES string of the molecule is O=C(O)/C=C/c1ccc(OCC(F)(F)F)cc1. The molecule has 0 aliphatic heterocycles. The van der Waals surface area contributed by atoms with E-state index in [0.29, 0.717) is 5.56 Å². The third-order valence-corrected chi connectivity index (χ3v) is 1.70. The fourth-order valence-corrected chi connectivity index (χ4v) is 1.01. The van der Waals surface area contributed by atoms with Gasteiger partial charge in [0.25, 0.3) is 0 Å². The molecule has 0 aliphatic rings. The first-order valence-electron chi connectivity index (χ1n) is 4.57. The van der Waals surface area contributed by atoms with E-state index in [1.165, 1.54) is 30.3 Å². The number of carbonyl (C=O) groups is 1. The maximum atomic E-state index is 11.8.